The molecule has 40 heavy (non-hydrogen) atoms. The van der Waals surface area contributed by atoms with Crippen molar-refractivity contribution in [2.45, 2.75) is 11.8 Å². The minimum absolute atomic E-state index is 0.00101. The molecule has 1 heterocycles. The Morgan fingerprint density at radius 1 is 0.875 bits per heavy atom. The van der Waals surface area contributed by atoms with Crippen molar-refractivity contribution in [2.24, 2.45) is 0 Å². The summed E-state index contributed by atoms with van der Waals surface area (Å²) in [5.41, 5.74) is 1.46. The molecule has 0 atom stereocenters. The molecule has 5 rings (SSSR count). The molecule has 0 aliphatic carbocycles. The normalized spacial score (nSPS) is 14.7. The van der Waals surface area contributed by atoms with Gasteiger partial charge in [-0.05, 0) is 66.0 Å². The smallest absolute Gasteiger partial charge is 0.339 e. The van der Waals surface area contributed by atoms with Gasteiger partial charge in [-0.1, -0.05) is 60.2 Å². The lowest BCUT2D eigenvalue weighted by atomic mass is 10.1. The second kappa shape index (κ2) is 11.4. The first-order valence-corrected chi connectivity index (χ1v) is 14.5. The summed E-state index contributed by atoms with van der Waals surface area (Å²) in [7, 11) is -2.70. The number of hydrogen-bond acceptors (Lipinski definition) is 8. The fraction of sp³-hybridized carbons (Fsp3) is 0.133. The van der Waals surface area contributed by atoms with Crippen molar-refractivity contribution in [3.63, 3.8) is 0 Å². The lowest BCUT2D eigenvalue weighted by Gasteiger charge is -2.14. The zero-order chi connectivity index (χ0) is 28.3. The summed E-state index contributed by atoms with van der Waals surface area (Å²) in [5.74, 6) is 0.406. The largest absolute Gasteiger partial charge is 0.493 e. The number of imide groups is 1. The molecule has 10 heteroatoms. The number of carbonyl (C=O) groups excluding carboxylic acids is 2. The monoisotopic (exact) mass is 575 g/mol. The lowest BCUT2D eigenvalue weighted by Crippen LogP contribution is -2.32. The van der Waals surface area contributed by atoms with Gasteiger partial charge in [0.25, 0.3) is 11.1 Å². The fourth-order valence-electron chi connectivity index (χ4n) is 4.13. The number of methoxy groups -OCH3 is 1. The molecule has 204 valence electrons. The van der Waals surface area contributed by atoms with E-state index in [-0.39, 0.29) is 34.5 Å². The van der Waals surface area contributed by atoms with Crippen molar-refractivity contribution in [2.75, 3.05) is 20.3 Å². The van der Waals surface area contributed by atoms with Gasteiger partial charge in [-0.3, -0.25) is 14.5 Å². The first-order chi connectivity index (χ1) is 19.2. The average Bonchev–Trinajstić information content (AvgIpc) is 3.21. The zero-order valence-electron chi connectivity index (χ0n) is 21.7. The number of carbonyl (C=O) groups is 2. The maximum atomic E-state index is 13.0. The summed E-state index contributed by atoms with van der Waals surface area (Å²) < 4.78 is 42.0. The van der Waals surface area contributed by atoms with Gasteiger partial charge >= 0.3 is 10.1 Å². The Morgan fingerprint density at radius 2 is 1.62 bits per heavy atom. The molecule has 1 aliphatic rings. The number of amides is 2. The van der Waals surface area contributed by atoms with Gasteiger partial charge < -0.3 is 13.7 Å². The Hall–Kier alpha value is -4.28. The van der Waals surface area contributed by atoms with E-state index in [1.807, 2.05) is 49.4 Å². The number of rotatable bonds is 9. The van der Waals surface area contributed by atoms with Gasteiger partial charge in [-0.25, -0.2) is 0 Å². The van der Waals surface area contributed by atoms with Crippen LogP contribution in [0.5, 0.6) is 17.2 Å². The quantitative estimate of drug-likeness (QED) is 0.176. The molecule has 0 N–H and O–H groups in total. The molecule has 1 saturated heterocycles. The highest BCUT2D eigenvalue weighted by Gasteiger charge is 2.35. The number of ether oxygens (including phenoxy) is 2. The predicted octanol–water partition coefficient (Wildman–Crippen LogP) is 6.04. The van der Waals surface area contributed by atoms with Crippen LogP contribution in [0.15, 0.2) is 94.7 Å². The molecular formula is C30H25NO7S2. The third-order valence-electron chi connectivity index (χ3n) is 6.19. The number of thioether (sulfide) groups is 1. The van der Waals surface area contributed by atoms with E-state index in [4.69, 9.17) is 13.7 Å². The molecule has 0 bridgehead atoms. The number of benzene rings is 4. The van der Waals surface area contributed by atoms with E-state index in [2.05, 4.69) is 0 Å². The minimum Gasteiger partial charge on any atom is -0.493 e. The highest BCUT2D eigenvalue weighted by molar-refractivity contribution is 8.18. The van der Waals surface area contributed by atoms with E-state index in [1.54, 1.807) is 24.3 Å². The molecule has 1 fully saturated rings. The maximum Gasteiger partial charge on any atom is 0.339 e. The van der Waals surface area contributed by atoms with Gasteiger partial charge in [0, 0.05) is 5.39 Å². The summed E-state index contributed by atoms with van der Waals surface area (Å²) in [5, 5.41) is 1.59. The Labute approximate surface area is 236 Å². The van der Waals surface area contributed by atoms with E-state index < -0.39 is 21.3 Å². The highest BCUT2D eigenvalue weighted by Crippen LogP contribution is 2.35. The molecule has 0 aromatic heterocycles. The molecule has 4 aromatic rings. The first-order valence-electron chi connectivity index (χ1n) is 12.3. The molecule has 0 unspecified atom stereocenters. The topological polar surface area (TPSA) is 99.2 Å². The van der Waals surface area contributed by atoms with Crippen molar-refractivity contribution in [3.05, 3.63) is 101 Å². The first kappa shape index (κ1) is 27.3. The Balaban J connectivity index is 1.27. The Bertz CT molecular complexity index is 1730. The van der Waals surface area contributed by atoms with Gasteiger partial charge in [0.15, 0.2) is 11.5 Å². The third-order valence-corrected chi connectivity index (χ3v) is 8.35. The van der Waals surface area contributed by atoms with Crippen molar-refractivity contribution < 1.29 is 31.7 Å². The Kier molecular flexibility index (Phi) is 7.81. The van der Waals surface area contributed by atoms with E-state index in [0.29, 0.717) is 11.3 Å². The van der Waals surface area contributed by atoms with Crippen molar-refractivity contribution in [1.82, 2.24) is 4.90 Å². The molecule has 8 nitrogen and oxygen atoms in total. The third kappa shape index (κ3) is 5.83. The standard InChI is InChI=1S/C30H25NO7S2/c1-20-10-13-23(14-11-20)40(34,35)38-26-15-12-21(18-27(26)36-2)19-28-29(32)31(30(33)39-28)16-17-37-25-9-5-7-22-6-3-4-8-24(22)25/h3-15,18-19H,16-17H2,1-2H3/b28-19-. The van der Waals surface area contributed by atoms with Crippen LogP contribution in [0, 0.1) is 6.92 Å². The molecule has 4 aromatic carbocycles. The highest BCUT2D eigenvalue weighted by atomic mass is 32.2. The summed E-state index contributed by atoms with van der Waals surface area (Å²) in [4.78, 5) is 27.0. The minimum atomic E-state index is -4.08. The van der Waals surface area contributed by atoms with Gasteiger partial charge in [0.2, 0.25) is 0 Å². The van der Waals surface area contributed by atoms with Crippen LogP contribution in [-0.4, -0.2) is 44.7 Å². The Morgan fingerprint density at radius 3 is 2.40 bits per heavy atom. The van der Waals surface area contributed by atoms with E-state index in [0.717, 1.165) is 33.0 Å². The van der Waals surface area contributed by atoms with Gasteiger partial charge in [-0.15, -0.1) is 0 Å². The average molecular weight is 576 g/mol. The fourth-order valence-corrected chi connectivity index (χ4v) is 5.93. The van der Waals surface area contributed by atoms with Crippen LogP contribution in [0.4, 0.5) is 4.79 Å². The van der Waals surface area contributed by atoms with Gasteiger partial charge in [0.1, 0.15) is 17.3 Å². The number of hydrogen-bond donors (Lipinski definition) is 0. The van der Waals surface area contributed by atoms with Crippen LogP contribution in [0.2, 0.25) is 0 Å². The van der Waals surface area contributed by atoms with Crippen molar-refractivity contribution in [3.8, 4) is 17.2 Å². The SMILES string of the molecule is COc1cc(/C=C2\SC(=O)N(CCOc3cccc4ccccc34)C2=O)ccc1OS(=O)(=O)c1ccc(C)cc1. The number of nitrogens with zero attached hydrogens (tertiary/aromatic N) is 1. The summed E-state index contributed by atoms with van der Waals surface area (Å²) >= 11 is 0.827. The molecular weight excluding hydrogens is 550 g/mol. The summed E-state index contributed by atoms with van der Waals surface area (Å²) in [6, 6.07) is 24.4. The van der Waals surface area contributed by atoms with E-state index in [1.165, 1.54) is 31.4 Å². The van der Waals surface area contributed by atoms with Crippen LogP contribution in [0.25, 0.3) is 16.8 Å². The van der Waals surface area contributed by atoms with Gasteiger partial charge in [-0.2, -0.15) is 8.42 Å². The second-order valence-electron chi connectivity index (χ2n) is 8.92. The lowest BCUT2D eigenvalue weighted by molar-refractivity contribution is -0.123. The summed E-state index contributed by atoms with van der Waals surface area (Å²) in [6.45, 7) is 2.10. The zero-order valence-corrected chi connectivity index (χ0v) is 23.3. The number of aryl methyl sites for hydroxylation is 1. The number of fused-ring (bicyclic) bond motifs is 1. The van der Waals surface area contributed by atoms with E-state index in [9.17, 15) is 18.0 Å². The maximum absolute atomic E-state index is 13.0. The van der Waals surface area contributed by atoms with Crippen molar-refractivity contribution >= 4 is 49.9 Å². The van der Waals surface area contributed by atoms with Crippen LogP contribution < -0.4 is 13.7 Å². The van der Waals surface area contributed by atoms with Crippen molar-refractivity contribution in [1.29, 1.82) is 0 Å². The van der Waals surface area contributed by atoms with Crippen LogP contribution in [0.1, 0.15) is 11.1 Å². The van der Waals surface area contributed by atoms with Crippen LogP contribution in [0.3, 0.4) is 0 Å². The molecule has 0 saturated carbocycles. The molecule has 2 amide bonds. The molecule has 0 spiro atoms. The van der Waals surface area contributed by atoms with E-state index >= 15 is 0 Å². The molecule has 0 radical (unpaired) electrons. The van der Waals surface area contributed by atoms with Crippen LogP contribution in [-0.2, 0) is 14.9 Å². The predicted molar refractivity (Wildman–Crippen MR) is 154 cm³/mol. The summed E-state index contributed by atoms with van der Waals surface area (Å²) in [6.07, 6.45) is 1.55. The van der Waals surface area contributed by atoms with Crippen LogP contribution >= 0.6 is 11.8 Å². The van der Waals surface area contributed by atoms with Gasteiger partial charge in [0.05, 0.1) is 18.6 Å². The second-order valence-corrected chi connectivity index (χ2v) is 11.5. The molecule has 1 aliphatic heterocycles.